The van der Waals surface area contributed by atoms with Crippen LogP contribution in [0.1, 0.15) is 18.1 Å². The predicted molar refractivity (Wildman–Crippen MR) is 64.2 cm³/mol. The SMILES string of the molecule is CCS(=O)CCNCc1cnccc1C. The summed E-state index contributed by atoms with van der Waals surface area (Å²) < 4.78 is 11.1. The van der Waals surface area contributed by atoms with E-state index in [4.69, 9.17) is 0 Å². The summed E-state index contributed by atoms with van der Waals surface area (Å²) in [4.78, 5) is 4.08. The molecule has 3 nitrogen and oxygen atoms in total. The molecule has 0 saturated carbocycles. The van der Waals surface area contributed by atoms with Crippen LogP contribution in [-0.2, 0) is 17.3 Å². The fraction of sp³-hybridized carbons (Fsp3) is 0.545. The molecule has 1 aromatic heterocycles. The van der Waals surface area contributed by atoms with Gasteiger partial charge in [0.05, 0.1) is 0 Å². The first-order chi connectivity index (χ1) is 7.24. The van der Waals surface area contributed by atoms with Gasteiger partial charge < -0.3 is 5.32 Å². The second-order valence-electron chi connectivity index (χ2n) is 3.41. The van der Waals surface area contributed by atoms with E-state index in [0.29, 0.717) is 0 Å². The van der Waals surface area contributed by atoms with Crippen molar-refractivity contribution in [1.29, 1.82) is 0 Å². The van der Waals surface area contributed by atoms with Gasteiger partial charge in [0, 0.05) is 47.8 Å². The van der Waals surface area contributed by atoms with Crippen molar-refractivity contribution in [2.24, 2.45) is 0 Å². The van der Waals surface area contributed by atoms with Crippen LogP contribution in [0.15, 0.2) is 18.5 Å². The van der Waals surface area contributed by atoms with E-state index in [9.17, 15) is 4.21 Å². The molecular weight excluding hydrogens is 208 g/mol. The first kappa shape index (κ1) is 12.3. The maximum atomic E-state index is 11.1. The molecule has 15 heavy (non-hydrogen) atoms. The molecule has 1 aromatic rings. The van der Waals surface area contributed by atoms with E-state index >= 15 is 0 Å². The highest BCUT2D eigenvalue weighted by Gasteiger charge is 1.98. The molecule has 0 radical (unpaired) electrons. The Bertz CT molecular complexity index is 328. The first-order valence-electron chi connectivity index (χ1n) is 5.19. The van der Waals surface area contributed by atoms with Crippen LogP contribution in [0, 0.1) is 6.92 Å². The van der Waals surface area contributed by atoms with Crippen LogP contribution >= 0.6 is 0 Å². The van der Waals surface area contributed by atoms with Gasteiger partial charge in [0.25, 0.3) is 0 Å². The molecule has 0 saturated heterocycles. The lowest BCUT2D eigenvalue weighted by Gasteiger charge is -2.06. The van der Waals surface area contributed by atoms with E-state index in [1.807, 2.05) is 19.2 Å². The van der Waals surface area contributed by atoms with Crippen LogP contribution in [0.25, 0.3) is 0 Å². The summed E-state index contributed by atoms with van der Waals surface area (Å²) in [5.41, 5.74) is 2.45. The van der Waals surface area contributed by atoms with Crippen LogP contribution in [0.4, 0.5) is 0 Å². The molecule has 0 aliphatic heterocycles. The number of nitrogens with one attached hydrogen (secondary N) is 1. The lowest BCUT2D eigenvalue weighted by Crippen LogP contribution is -2.21. The van der Waals surface area contributed by atoms with Gasteiger partial charge >= 0.3 is 0 Å². The second-order valence-corrected chi connectivity index (χ2v) is 5.28. The van der Waals surface area contributed by atoms with Crippen LogP contribution in [0.5, 0.6) is 0 Å². The Morgan fingerprint density at radius 2 is 2.33 bits per heavy atom. The second kappa shape index (κ2) is 6.69. The molecule has 0 amide bonds. The largest absolute Gasteiger partial charge is 0.312 e. The Morgan fingerprint density at radius 3 is 3.00 bits per heavy atom. The molecule has 0 spiro atoms. The molecule has 1 N–H and O–H groups in total. The summed E-state index contributed by atoms with van der Waals surface area (Å²) in [6.45, 7) is 5.62. The molecule has 0 aromatic carbocycles. The molecular formula is C11H18N2OS. The van der Waals surface area contributed by atoms with Crippen molar-refractivity contribution in [2.75, 3.05) is 18.1 Å². The molecule has 0 aliphatic rings. The zero-order valence-corrected chi connectivity index (χ0v) is 10.1. The van der Waals surface area contributed by atoms with Crippen LogP contribution in [-0.4, -0.2) is 27.2 Å². The summed E-state index contributed by atoms with van der Waals surface area (Å²) in [6, 6.07) is 2.00. The molecule has 1 heterocycles. The van der Waals surface area contributed by atoms with E-state index in [1.165, 1.54) is 11.1 Å². The van der Waals surface area contributed by atoms with E-state index in [2.05, 4.69) is 17.2 Å². The smallest absolute Gasteiger partial charge is 0.0360 e. The van der Waals surface area contributed by atoms with Crippen molar-refractivity contribution < 1.29 is 4.21 Å². The minimum absolute atomic E-state index is 0.668. The third-order valence-corrected chi connectivity index (χ3v) is 3.59. The highest BCUT2D eigenvalue weighted by Crippen LogP contribution is 2.03. The van der Waals surface area contributed by atoms with E-state index in [0.717, 1.165) is 24.6 Å². The predicted octanol–water partition coefficient (Wildman–Crippen LogP) is 1.25. The van der Waals surface area contributed by atoms with Crippen LogP contribution < -0.4 is 5.32 Å². The van der Waals surface area contributed by atoms with E-state index < -0.39 is 10.8 Å². The summed E-state index contributed by atoms with van der Waals surface area (Å²) in [6.07, 6.45) is 3.67. The number of rotatable bonds is 6. The van der Waals surface area contributed by atoms with Gasteiger partial charge in [-0.1, -0.05) is 6.92 Å². The van der Waals surface area contributed by atoms with Gasteiger partial charge in [-0.2, -0.15) is 0 Å². The average molecular weight is 226 g/mol. The van der Waals surface area contributed by atoms with Gasteiger partial charge in [-0.05, 0) is 24.1 Å². The van der Waals surface area contributed by atoms with Gasteiger partial charge in [-0.25, -0.2) is 0 Å². The lowest BCUT2D eigenvalue weighted by atomic mass is 10.2. The van der Waals surface area contributed by atoms with Gasteiger partial charge in [-0.15, -0.1) is 0 Å². The maximum absolute atomic E-state index is 11.1. The fourth-order valence-electron chi connectivity index (χ4n) is 1.24. The number of aryl methyl sites for hydroxylation is 1. The van der Waals surface area contributed by atoms with Gasteiger partial charge in [-0.3, -0.25) is 9.19 Å². The monoisotopic (exact) mass is 226 g/mol. The lowest BCUT2D eigenvalue weighted by molar-refractivity contribution is 0.673. The molecule has 0 fully saturated rings. The van der Waals surface area contributed by atoms with Gasteiger partial charge in [0.2, 0.25) is 0 Å². The third-order valence-electron chi connectivity index (χ3n) is 2.29. The maximum Gasteiger partial charge on any atom is 0.0360 e. The number of hydrogen-bond donors (Lipinski definition) is 1. The Hall–Kier alpha value is -0.740. The normalized spacial score (nSPS) is 12.7. The van der Waals surface area contributed by atoms with E-state index in [-0.39, 0.29) is 0 Å². The summed E-state index contributed by atoms with van der Waals surface area (Å²) in [7, 11) is -0.668. The van der Waals surface area contributed by atoms with Crippen LogP contribution in [0.2, 0.25) is 0 Å². The fourth-order valence-corrected chi connectivity index (χ4v) is 1.90. The Balaban J connectivity index is 2.26. The first-order valence-corrected chi connectivity index (χ1v) is 6.68. The molecule has 4 heteroatoms. The number of pyridine rings is 1. The standard InChI is InChI=1S/C11H18N2OS/c1-3-15(14)7-6-13-9-11-8-12-5-4-10(11)2/h4-5,8,13H,3,6-7,9H2,1-2H3. The minimum atomic E-state index is -0.668. The Morgan fingerprint density at radius 1 is 1.53 bits per heavy atom. The molecule has 1 rings (SSSR count). The highest BCUT2D eigenvalue weighted by atomic mass is 32.2. The molecule has 0 bridgehead atoms. The molecule has 1 unspecified atom stereocenters. The zero-order chi connectivity index (χ0) is 11.1. The zero-order valence-electron chi connectivity index (χ0n) is 9.32. The van der Waals surface area contributed by atoms with Crippen molar-refractivity contribution in [1.82, 2.24) is 10.3 Å². The van der Waals surface area contributed by atoms with Gasteiger partial charge in [0.15, 0.2) is 0 Å². The van der Waals surface area contributed by atoms with Crippen molar-refractivity contribution in [3.63, 3.8) is 0 Å². The van der Waals surface area contributed by atoms with Crippen molar-refractivity contribution in [2.45, 2.75) is 20.4 Å². The summed E-state index contributed by atoms with van der Waals surface area (Å²) in [5.74, 6) is 1.48. The van der Waals surface area contributed by atoms with Crippen molar-refractivity contribution >= 4 is 10.8 Å². The van der Waals surface area contributed by atoms with Crippen molar-refractivity contribution in [3.05, 3.63) is 29.6 Å². The van der Waals surface area contributed by atoms with Crippen LogP contribution in [0.3, 0.4) is 0 Å². The average Bonchev–Trinajstić information content (AvgIpc) is 2.26. The van der Waals surface area contributed by atoms with E-state index in [1.54, 1.807) is 6.20 Å². The minimum Gasteiger partial charge on any atom is -0.312 e. The van der Waals surface area contributed by atoms with Gasteiger partial charge in [0.1, 0.15) is 0 Å². The number of nitrogens with zero attached hydrogens (tertiary/aromatic N) is 1. The summed E-state index contributed by atoms with van der Waals surface area (Å²) >= 11 is 0. The van der Waals surface area contributed by atoms with Crippen molar-refractivity contribution in [3.8, 4) is 0 Å². The molecule has 84 valence electrons. The topological polar surface area (TPSA) is 42.0 Å². The third kappa shape index (κ3) is 4.53. The quantitative estimate of drug-likeness (QED) is 0.742. The summed E-state index contributed by atoms with van der Waals surface area (Å²) in [5, 5.41) is 3.27. The number of hydrogen-bond acceptors (Lipinski definition) is 3. The Labute approximate surface area is 93.8 Å². The molecule has 1 atom stereocenters. The number of aromatic nitrogens is 1. The Kier molecular flexibility index (Phi) is 5.50. The molecule has 0 aliphatic carbocycles. The highest BCUT2D eigenvalue weighted by molar-refractivity contribution is 7.84.